The molecular weight excluding hydrogens is 642 g/mol. The van der Waals surface area contributed by atoms with Gasteiger partial charge in [-0.2, -0.15) is 11.8 Å². The van der Waals surface area contributed by atoms with Gasteiger partial charge in [0, 0.05) is 13.0 Å². The second-order valence-corrected chi connectivity index (χ2v) is 15.3. The van der Waals surface area contributed by atoms with Crippen molar-refractivity contribution in [1.29, 1.82) is 0 Å². The number of hydrogen-bond donors (Lipinski definition) is 3. The quantitative estimate of drug-likeness (QED) is 0.120. The topological polar surface area (TPSA) is 134 Å². The molecule has 2 aromatic carbocycles. The molecular formula is C38H57N3O7S. The fourth-order valence-electron chi connectivity index (χ4n) is 5.21. The van der Waals surface area contributed by atoms with Gasteiger partial charge in [-0.15, -0.1) is 0 Å². The lowest BCUT2D eigenvalue weighted by Gasteiger charge is -2.35. The summed E-state index contributed by atoms with van der Waals surface area (Å²) in [6.07, 6.45) is 5.02. The monoisotopic (exact) mass is 699 g/mol. The molecule has 3 atom stereocenters. The van der Waals surface area contributed by atoms with Crippen molar-refractivity contribution in [2.75, 3.05) is 18.6 Å². The minimum Gasteiger partial charge on any atom is -0.508 e. The Balaban J connectivity index is 2.66. The highest BCUT2D eigenvalue weighted by Gasteiger charge is 2.38. The Hall–Kier alpha value is -3.73. The first-order valence-corrected chi connectivity index (χ1v) is 18.5. The second-order valence-electron chi connectivity index (χ2n) is 14.3. The summed E-state index contributed by atoms with van der Waals surface area (Å²) in [5.41, 5.74) is 0.219. The van der Waals surface area contributed by atoms with Crippen molar-refractivity contribution >= 4 is 35.6 Å². The standard InChI is InChI=1S/C38H57N3O7S/c1-10-11-12-16-22-41(34(44)29(21-23-49-9)40-36(46)48-38(6,7)8)32(28-19-20-31(42)26(2)24-28)33(43)39-30(35(45)47-37(3,4)5)25-27-17-14-13-15-18-27/h13-15,17-20,24,29-30,32,42H,10-12,16,21-23,25H2,1-9H3,(H,39,43)(H,40,46). The van der Waals surface area contributed by atoms with Gasteiger partial charge in [0.15, 0.2) is 0 Å². The van der Waals surface area contributed by atoms with Gasteiger partial charge < -0.3 is 30.1 Å². The number of hydrogen-bond acceptors (Lipinski definition) is 8. The van der Waals surface area contributed by atoms with E-state index in [1.54, 1.807) is 60.6 Å². The fraction of sp³-hybridized carbons (Fsp3) is 0.579. The number of aromatic hydroxyl groups is 1. The molecule has 2 aromatic rings. The average molecular weight is 700 g/mol. The number of unbranched alkanes of at least 4 members (excludes halogenated alkanes) is 3. The maximum atomic E-state index is 14.6. The van der Waals surface area contributed by atoms with E-state index in [-0.39, 0.29) is 18.7 Å². The van der Waals surface area contributed by atoms with Crippen LogP contribution in [0.1, 0.15) is 103 Å². The molecule has 49 heavy (non-hydrogen) atoms. The summed E-state index contributed by atoms with van der Waals surface area (Å²) >= 11 is 1.53. The van der Waals surface area contributed by atoms with E-state index in [0.717, 1.165) is 24.8 Å². The Morgan fingerprint density at radius 1 is 0.878 bits per heavy atom. The maximum Gasteiger partial charge on any atom is 0.408 e. The predicted octanol–water partition coefficient (Wildman–Crippen LogP) is 6.87. The molecule has 0 saturated heterocycles. The number of phenolic OH excluding ortho intramolecular Hbond substituents is 1. The third-order valence-corrected chi connectivity index (χ3v) is 8.17. The zero-order chi connectivity index (χ0) is 36.8. The number of nitrogens with zero attached hydrogens (tertiary/aromatic N) is 1. The molecule has 11 heteroatoms. The molecule has 3 amide bonds. The smallest absolute Gasteiger partial charge is 0.408 e. The van der Waals surface area contributed by atoms with E-state index < -0.39 is 53.2 Å². The van der Waals surface area contributed by atoms with Crippen molar-refractivity contribution in [3.05, 3.63) is 65.2 Å². The molecule has 272 valence electrons. The molecule has 0 aromatic heterocycles. The molecule has 2 rings (SSSR count). The zero-order valence-electron chi connectivity index (χ0n) is 30.8. The minimum atomic E-state index is -1.19. The van der Waals surface area contributed by atoms with Crippen molar-refractivity contribution in [1.82, 2.24) is 15.5 Å². The van der Waals surface area contributed by atoms with E-state index >= 15 is 0 Å². The van der Waals surface area contributed by atoms with Crippen LogP contribution in [0.3, 0.4) is 0 Å². The highest BCUT2D eigenvalue weighted by Crippen LogP contribution is 2.29. The van der Waals surface area contributed by atoms with Crippen LogP contribution >= 0.6 is 11.8 Å². The molecule has 0 spiro atoms. The first-order valence-electron chi connectivity index (χ1n) is 17.1. The normalized spacial score (nSPS) is 13.5. The molecule has 3 unspecified atom stereocenters. The second kappa shape index (κ2) is 19.5. The Kier molecular flexibility index (Phi) is 16.5. The Morgan fingerprint density at radius 3 is 2.10 bits per heavy atom. The van der Waals surface area contributed by atoms with Crippen LogP contribution < -0.4 is 10.6 Å². The van der Waals surface area contributed by atoms with Crippen LogP contribution in [0.5, 0.6) is 5.75 Å². The lowest BCUT2D eigenvalue weighted by molar-refractivity contribution is -0.159. The molecule has 0 saturated carbocycles. The number of thioether (sulfide) groups is 1. The highest BCUT2D eigenvalue weighted by atomic mass is 32.2. The number of ether oxygens (including phenoxy) is 2. The number of alkyl carbamates (subject to hydrolysis) is 1. The van der Waals surface area contributed by atoms with E-state index in [1.807, 2.05) is 36.6 Å². The molecule has 0 radical (unpaired) electrons. The summed E-state index contributed by atoms with van der Waals surface area (Å²) in [5.74, 6) is -1.01. The third kappa shape index (κ3) is 14.7. The van der Waals surface area contributed by atoms with Gasteiger partial charge in [0.2, 0.25) is 11.8 Å². The summed E-state index contributed by atoms with van der Waals surface area (Å²) in [7, 11) is 0. The molecule has 0 heterocycles. The van der Waals surface area contributed by atoms with Crippen LogP contribution in [0.25, 0.3) is 0 Å². The maximum absolute atomic E-state index is 14.6. The molecule has 10 nitrogen and oxygen atoms in total. The van der Waals surface area contributed by atoms with E-state index in [4.69, 9.17) is 9.47 Å². The van der Waals surface area contributed by atoms with Crippen molar-refractivity contribution in [2.45, 2.75) is 123 Å². The fourth-order valence-corrected chi connectivity index (χ4v) is 5.68. The lowest BCUT2D eigenvalue weighted by Crippen LogP contribution is -2.55. The van der Waals surface area contributed by atoms with Gasteiger partial charge in [-0.3, -0.25) is 9.59 Å². The van der Waals surface area contributed by atoms with E-state index in [1.165, 1.54) is 22.7 Å². The van der Waals surface area contributed by atoms with E-state index in [2.05, 4.69) is 17.6 Å². The molecule has 0 fully saturated rings. The van der Waals surface area contributed by atoms with Gasteiger partial charge >= 0.3 is 12.1 Å². The van der Waals surface area contributed by atoms with E-state index in [0.29, 0.717) is 29.7 Å². The predicted molar refractivity (Wildman–Crippen MR) is 196 cm³/mol. The molecule has 0 bridgehead atoms. The molecule has 0 aliphatic carbocycles. The lowest BCUT2D eigenvalue weighted by atomic mass is 9.98. The SMILES string of the molecule is CCCCCCN(C(=O)C(CCSC)NC(=O)OC(C)(C)C)C(C(=O)NC(Cc1ccccc1)C(=O)OC(C)(C)C)c1ccc(O)c(C)c1. The summed E-state index contributed by atoms with van der Waals surface area (Å²) < 4.78 is 11.2. The number of aryl methyl sites for hydroxylation is 1. The average Bonchev–Trinajstić information content (AvgIpc) is 3.00. The summed E-state index contributed by atoms with van der Waals surface area (Å²) in [6, 6.07) is 10.9. The zero-order valence-corrected chi connectivity index (χ0v) is 31.6. The van der Waals surface area contributed by atoms with Crippen molar-refractivity contribution in [2.24, 2.45) is 0 Å². The summed E-state index contributed by atoms with van der Waals surface area (Å²) in [4.78, 5) is 57.2. The Labute approximate surface area is 297 Å². The van der Waals surface area contributed by atoms with Crippen LogP contribution in [0, 0.1) is 6.92 Å². The summed E-state index contributed by atoms with van der Waals surface area (Å²) in [6.45, 7) is 14.5. The van der Waals surface area contributed by atoms with E-state index in [9.17, 15) is 24.3 Å². The van der Waals surface area contributed by atoms with Gasteiger partial charge in [0.1, 0.15) is 35.1 Å². The van der Waals surface area contributed by atoms with Gasteiger partial charge in [-0.05, 0) is 102 Å². The molecule has 0 aliphatic heterocycles. The van der Waals surface area contributed by atoms with Crippen molar-refractivity contribution in [3.63, 3.8) is 0 Å². The number of phenols is 1. The van der Waals surface area contributed by atoms with Crippen LogP contribution in [0.2, 0.25) is 0 Å². The number of rotatable bonds is 17. The minimum absolute atomic E-state index is 0.0453. The number of amides is 3. The number of benzene rings is 2. The first kappa shape index (κ1) is 41.4. The van der Waals surface area contributed by atoms with Gasteiger partial charge in [-0.25, -0.2) is 9.59 Å². The highest BCUT2D eigenvalue weighted by molar-refractivity contribution is 7.98. The van der Waals surface area contributed by atoms with Crippen LogP contribution in [0.15, 0.2) is 48.5 Å². The molecule has 3 N–H and O–H groups in total. The first-order chi connectivity index (χ1) is 23.0. The Morgan fingerprint density at radius 2 is 1.53 bits per heavy atom. The largest absolute Gasteiger partial charge is 0.508 e. The van der Waals surface area contributed by atoms with Gasteiger partial charge in [0.05, 0.1) is 0 Å². The number of carbonyl (C=O) groups excluding carboxylic acids is 4. The van der Waals surface area contributed by atoms with Crippen molar-refractivity contribution < 1.29 is 33.8 Å². The number of carbonyl (C=O) groups is 4. The van der Waals surface area contributed by atoms with Crippen LogP contribution in [-0.4, -0.2) is 75.7 Å². The molecule has 0 aliphatic rings. The summed E-state index contributed by atoms with van der Waals surface area (Å²) in [5, 5.41) is 16.1. The van der Waals surface area contributed by atoms with Gasteiger partial charge in [0.25, 0.3) is 0 Å². The van der Waals surface area contributed by atoms with Crippen LogP contribution in [0.4, 0.5) is 4.79 Å². The Bertz CT molecular complexity index is 1370. The van der Waals surface area contributed by atoms with Crippen molar-refractivity contribution in [3.8, 4) is 5.75 Å². The van der Waals surface area contributed by atoms with Gasteiger partial charge in [-0.1, -0.05) is 62.6 Å². The number of nitrogens with one attached hydrogen (secondary N) is 2. The van der Waals surface area contributed by atoms with Crippen LogP contribution in [-0.2, 0) is 30.3 Å². The third-order valence-electron chi connectivity index (χ3n) is 7.52. The number of esters is 1.